The number of ether oxygens (including phenoxy) is 1. The summed E-state index contributed by atoms with van der Waals surface area (Å²) in [5, 5.41) is 5.06. The van der Waals surface area contributed by atoms with Crippen LogP contribution in [0.5, 0.6) is 5.88 Å². The number of hydrogen-bond acceptors (Lipinski definition) is 8. The van der Waals surface area contributed by atoms with Crippen LogP contribution in [-0.4, -0.2) is 40.1 Å². The zero-order valence-corrected chi connectivity index (χ0v) is 16.4. The SMILES string of the molecule is COc1ncc(C(C)(C)N)c2cc(Nc3ccnc(N4CCCC4)n3)ncc12. The molecule has 0 radical (unpaired) electrons. The van der Waals surface area contributed by atoms with Crippen molar-refractivity contribution in [1.29, 1.82) is 0 Å². The van der Waals surface area contributed by atoms with Gasteiger partial charge in [-0.15, -0.1) is 0 Å². The van der Waals surface area contributed by atoms with Crippen LogP contribution in [0.2, 0.25) is 0 Å². The lowest BCUT2D eigenvalue weighted by molar-refractivity contribution is 0.402. The van der Waals surface area contributed by atoms with Gasteiger partial charge >= 0.3 is 0 Å². The normalized spacial score (nSPS) is 14.5. The maximum atomic E-state index is 6.36. The van der Waals surface area contributed by atoms with Crippen molar-refractivity contribution < 1.29 is 4.74 Å². The molecule has 3 aromatic heterocycles. The van der Waals surface area contributed by atoms with E-state index in [2.05, 4.69) is 30.2 Å². The van der Waals surface area contributed by atoms with Crippen LogP contribution >= 0.6 is 0 Å². The summed E-state index contributed by atoms with van der Waals surface area (Å²) in [7, 11) is 1.60. The monoisotopic (exact) mass is 379 g/mol. The number of hydrogen-bond donors (Lipinski definition) is 2. The third-order valence-corrected chi connectivity index (χ3v) is 4.91. The average molecular weight is 379 g/mol. The highest BCUT2D eigenvalue weighted by Gasteiger charge is 2.21. The minimum Gasteiger partial charge on any atom is -0.481 e. The Morgan fingerprint density at radius 3 is 2.57 bits per heavy atom. The number of fused-ring (bicyclic) bond motifs is 1. The molecule has 0 spiro atoms. The highest BCUT2D eigenvalue weighted by atomic mass is 16.5. The average Bonchev–Trinajstić information content (AvgIpc) is 3.21. The minimum atomic E-state index is -0.548. The summed E-state index contributed by atoms with van der Waals surface area (Å²) in [4.78, 5) is 20.1. The van der Waals surface area contributed by atoms with Gasteiger partial charge in [0.2, 0.25) is 11.8 Å². The minimum absolute atomic E-state index is 0.528. The van der Waals surface area contributed by atoms with Crippen molar-refractivity contribution in [3.8, 4) is 5.88 Å². The van der Waals surface area contributed by atoms with Gasteiger partial charge in [0.15, 0.2) is 0 Å². The number of pyridine rings is 2. The number of anilines is 3. The maximum absolute atomic E-state index is 6.36. The molecule has 0 atom stereocenters. The number of nitrogens with one attached hydrogen (secondary N) is 1. The Bertz CT molecular complexity index is 994. The van der Waals surface area contributed by atoms with E-state index in [1.807, 2.05) is 26.0 Å². The number of methoxy groups -OCH3 is 1. The van der Waals surface area contributed by atoms with Gasteiger partial charge in [-0.05, 0) is 49.8 Å². The number of aromatic nitrogens is 4. The van der Waals surface area contributed by atoms with Gasteiger partial charge in [-0.25, -0.2) is 15.0 Å². The van der Waals surface area contributed by atoms with Gasteiger partial charge in [-0.3, -0.25) is 0 Å². The van der Waals surface area contributed by atoms with E-state index >= 15 is 0 Å². The predicted molar refractivity (Wildman–Crippen MR) is 110 cm³/mol. The van der Waals surface area contributed by atoms with Crippen molar-refractivity contribution in [1.82, 2.24) is 19.9 Å². The first-order valence-corrected chi connectivity index (χ1v) is 9.43. The van der Waals surface area contributed by atoms with E-state index in [4.69, 9.17) is 10.5 Å². The predicted octanol–water partition coefficient (Wildman–Crippen LogP) is 2.97. The van der Waals surface area contributed by atoms with Gasteiger partial charge < -0.3 is 20.7 Å². The van der Waals surface area contributed by atoms with E-state index in [0.29, 0.717) is 17.5 Å². The van der Waals surface area contributed by atoms with Crippen LogP contribution < -0.4 is 20.7 Å². The van der Waals surface area contributed by atoms with E-state index < -0.39 is 5.54 Å². The zero-order valence-electron chi connectivity index (χ0n) is 16.4. The highest BCUT2D eigenvalue weighted by Crippen LogP contribution is 2.32. The third-order valence-electron chi connectivity index (χ3n) is 4.91. The summed E-state index contributed by atoms with van der Waals surface area (Å²) in [5.41, 5.74) is 6.74. The standard InChI is InChI=1S/C20H25N7O/c1-20(2,21)15-12-24-18(28-3)14-11-23-17(10-13(14)15)25-16-6-7-22-19(26-16)27-8-4-5-9-27/h6-7,10-12H,4-5,8-9,21H2,1-3H3,(H,22,23,25,26). The third kappa shape index (κ3) is 3.55. The molecule has 28 heavy (non-hydrogen) atoms. The summed E-state index contributed by atoms with van der Waals surface area (Å²) in [6.07, 6.45) is 7.65. The van der Waals surface area contributed by atoms with Gasteiger partial charge in [-0.2, -0.15) is 4.98 Å². The number of rotatable bonds is 5. The summed E-state index contributed by atoms with van der Waals surface area (Å²) in [5.74, 6) is 2.66. The summed E-state index contributed by atoms with van der Waals surface area (Å²) < 4.78 is 5.39. The van der Waals surface area contributed by atoms with Crippen molar-refractivity contribution in [3.05, 3.63) is 36.3 Å². The molecule has 1 saturated heterocycles. The number of nitrogens with zero attached hydrogens (tertiary/aromatic N) is 5. The summed E-state index contributed by atoms with van der Waals surface area (Å²) >= 11 is 0. The second-order valence-electron chi connectivity index (χ2n) is 7.58. The molecule has 8 nitrogen and oxygen atoms in total. The van der Waals surface area contributed by atoms with Crippen LogP contribution in [0, 0.1) is 0 Å². The Morgan fingerprint density at radius 1 is 1.07 bits per heavy atom. The molecule has 0 amide bonds. The molecule has 0 bridgehead atoms. The molecule has 0 unspecified atom stereocenters. The lowest BCUT2D eigenvalue weighted by atomic mass is 9.93. The Labute approximate surface area is 164 Å². The molecule has 8 heteroatoms. The van der Waals surface area contributed by atoms with E-state index in [9.17, 15) is 0 Å². The molecule has 4 rings (SSSR count). The Kier molecular flexibility index (Phi) is 4.72. The molecular formula is C20H25N7O. The van der Waals surface area contributed by atoms with Crippen molar-refractivity contribution in [2.24, 2.45) is 5.73 Å². The molecule has 3 aromatic rings. The van der Waals surface area contributed by atoms with Crippen molar-refractivity contribution in [2.75, 3.05) is 30.4 Å². The first-order valence-electron chi connectivity index (χ1n) is 9.43. The lowest BCUT2D eigenvalue weighted by Crippen LogP contribution is -2.29. The van der Waals surface area contributed by atoms with Crippen molar-refractivity contribution in [2.45, 2.75) is 32.2 Å². The van der Waals surface area contributed by atoms with Gasteiger partial charge in [-0.1, -0.05) is 0 Å². The fourth-order valence-electron chi connectivity index (χ4n) is 3.47. The topological polar surface area (TPSA) is 102 Å². The molecule has 1 aliphatic heterocycles. The Balaban J connectivity index is 1.71. The van der Waals surface area contributed by atoms with Crippen LogP contribution in [0.3, 0.4) is 0 Å². The second kappa shape index (κ2) is 7.20. The molecule has 0 saturated carbocycles. The Morgan fingerprint density at radius 2 is 1.86 bits per heavy atom. The molecular weight excluding hydrogens is 354 g/mol. The van der Waals surface area contributed by atoms with Gasteiger partial charge in [0, 0.05) is 37.2 Å². The first-order chi connectivity index (χ1) is 13.5. The van der Waals surface area contributed by atoms with E-state index in [0.717, 1.165) is 35.4 Å². The summed E-state index contributed by atoms with van der Waals surface area (Å²) in [6, 6.07) is 3.80. The van der Waals surface area contributed by atoms with Crippen LogP contribution in [0.15, 0.2) is 30.7 Å². The van der Waals surface area contributed by atoms with Crippen LogP contribution in [-0.2, 0) is 5.54 Å². The quantitative estimate of drug-likeness (QED) is 0.697. The number of nitrogens with two attached hydrogens (primary N) is 1. The van der Waals surface area contributed by atoms with Gasteiger partial charge in [0.1, 0.15) is 11.6 Å². The Hall–Kier alpha value is -3.00. The van der Waals surface area contributed by atoms with E-state index in [1.165, 1.54) is 12.8 Å². The fraction of sp³-hybridized carbons (Fsp3) is 0.400. The molecule has 4 heterocycles. The molecule has 146 valence electrons. The molecule has 0 aromatic carbocycles. The largest absolute Gasteiger partial charge is 0.481 e. The molecule has 1 fully saturated rings. The van der Waals surface area contributed by atoms with Gasteiger partial charge in [0.05, 0.1) is 12.5 Å². The first kappa shape index (κ1) is 18.4. The highest BCUT2D eigenvalue weighted by molar-refractivity contribution is 5.91. The van der Waals surface area contributed by atoms with Crippen LogP contribution in [0.4, 0.5) is 17.6 Å². The second-order valence-corrected chi connectivity index (χ2v) is 7.58. The van der Waals surface area contributed by atoms with Crippen LogP contribution in [0.25, 0.3) is 10.8 Å². The fourth-order valence-corrected chi connectivity index (χ4v) is 3.47. The molecule has 1 aliphatic rings. The summed E-state index contributed by atoms with van der Waals surface area (Å²) in [6.45, 7) is 5.91. The molecule has 0 aliphatic carbocycles. The van der Waals surface area contributed by atoms with Crippen molar-refractivity contribution in [3.63, 3.8) is 0 Å². The smallest absolute Gasteiger partial charge is 0.227 e. The van der Waals surface area contributed by atoms with Crippen molar-refractivity contribution >= 4 is 28.4 Å². The van der Waals surface area contributed by atoms with E-state index in [1.54, 1.807) is 25.7 Å². The maximum Gasteiger partial charge on any atom is 0.227 e. The van der Waals surface area contributed by atoms with Crippen LogP contribution in [0.1, 0.15) is 32.3 Å². The molecule has 3 N–H and O–H groups in total. The lowest BCUT2D eigenvalue weighted by Gasteiger charge is -2.22. The van der Waals surface area contributed by atoms with E-state index in [-0.39, 0.29) is 0 Å². The zero-order chi connectivity index (χ0) is 19.7. The van der Waals surface area contributed by atoms with Gasteiger partial charge in [0.25, 0.3) is 0 Å².